The number of likely N-dealkylation sites (N-methyl/N-ethyl adjacent to an activating group) is 1. The van der Waals surface area contributed by atoms with E-state index in [9.17, 15) is 0 Å². The van der Waals surface area contributed by atoms with Crippen LogP contribution >= 0.6 is 0 Å². The predicted molar refractivity (Wildman–Crippen MR) is 84.2 cm³/mol. The van der Waals surface area contributed by atoms with Gasteiger partial charge in [0.2, 0.25) is 0 Å². The fourth-order valence-corrected chi connectivity index (χ4v) is 2.64. The van der Waals surface area contributed by atoms with Crippen LogP contribution < -0.4 is 5.73 Å². The fraction of sp³-hybridized carbons (Fsp3) is 0.647. The van der Waals surface area contributed by atoms with Gasteiger partial charge in [0.25, 0.3) is 0 Å². The standard InChI is InChI=1S/C17H30N2/c1-12-10-8-9-11-15(12)16(13(2)18)19(7)14(3)17(4,5)6/h8-11,13-14,16H,18H2,1-7H3. The van der Waals surface area contributed by atoms with Gasteiger partial charge in [-0.3, -0.25) is 4.90 Å². The molecule has 2 nitrogen and oxygen atoms in total. The van der Waals surface area contributed by atoms with Crippen molar-refractivity contribution in [1.82, 2.24) is 4.90 Å². The highest BCUT2D eigenvalue weighted by molar-refractivity contribution is 5.30. The molecule has 2 heteroatoms. The topological polar surface area (TPSA) is 29.3 Å². The normalized spacial score (nSPS) is 17.3. The summed E-state index contributed by atoms with van der Waals surface area (Å²) in [5.41, 5.74) is 9.18. The van der Waals surface area contributed by atoms with Crippen LogP contribution in [0.3, 0.4) is 0 Å². The minimum atomic E-state index is 0.107. The molecular formula is C17H30N2. The number of nitrogens with zero attached hydrogens (tertiary/aromatic N) is 1. The second-order valence-electron chi connectivity index (χ2n) is 6.87. The molecule has 1 aromatic rings. The Kier molecular flexibility index (Phi) is 5.17. The summed E-state index contributed by atoms with van der Waals surface area (Å²) in [6, 6.07) is 9.39. The fourth-order valence-electron chi connectivity index (χ4n) is 2.64. The van der Waals surface area contributed by atoms with Gasteiger partial charge in [-0.15, -0.1) is 0 Å². The largest absolute Gasteiger partial charge is 0.326 e. The molecule has 0 heterocycles. The molecule has 108 valence electrons. The van der Waals surface area contributed by atoms with Gasteiger partial charge in [0.1, 0.15) is 0 Å². The first-order valence-corrected chi connectivity index (χ1v) is 7.19. The molecule has 1 rings (SSSR count). The number of nitrogens with two attached hydrogens (primary N) is 1. The van der Waals surface area contributed by atoms with E-state index in [-0.39, 0.29) is 17.5 Å². The summed E-state index contributed by atoms with van der Waals surface area (Å²) in [5.74, 6) is 0. The van der Waals surface area contributed by atoms with Crippen LogP contribution in [0, 0.1) is 12.3 Å². The lowest BCUT2D eigenvalue weighted by Crippen LogP contribution is -2.46. The van der Waals surface area contributed by atoms with E-state index in [0.29, 0.717) is 6.04 Å². The summed E-state index contributed by atoms with van der Waals surface area (Å²) < 4.78 is 0. The van der Waals surface area contributed by atoms with Crippen LogP contribution in [0.4, 0.5) is 0 Å². The highest BCUT2D eigenvalue weighted by atomic mass is 15.2. The molecule has 0 saturated carbocycles. The monoisotopic (exact) mass is 262 g/mol. The average molecular weight is 262 g/mol. The highest BCUT2D eigenvalue weighted by Crippen LogP contribution is 2.32. The predicted octanol–water partition coefficient (Wildman–Crippen LogP) is 3.75. The van der Waals surface area contributed by atoms with Crippen molar-refractivity contribution in [1.29, 1.82) is 0 Å². The molecule has 19 heavy (non-hydrogen) atoms. The second-order valence-corrected chi connectivity index (χ2v) is 6.87. The Hall–Kier alpha value is -0.860. The highest BCUT2D eigenvalue weighted by Gasteiger charge is 2.31. The Morgan fingerprint density at radius 3 is 2.05 bits per heavy atom. The Bertz CT molecular complexity index is 404. The third-order valence-electron chi connectivity index (χ3n) is 4.31. The van der Waals surface area contributed by atoms with Gasteiger partial charge >= 0.3 is 0 Å². The molecule has 3 unspecified atom stereocenters. The first-order valence-electron chi connectivity index (χ1n) is 7.19. The molecule has 0 aliphatic rings. The maximum Gasteiger partial charge on any atom is 0.0499 e. The third-order valence-corrected chi connectivity index (χ3v) is 4.31. The molecule has 0 amide bonds. The van der Waals surface area contributed by atoms with E-state index in [4.69, 9.17) is 5.73 Å². The van der Waals surface area contributed by atoms with Crippen LogP contribution in [0.1, 0.15) is 51.8 Å². The summed E-state index contributed by atoms with van der Waals surface area (Å²) >= 11 is 0. The summed E-state index contributed by atoms with van der Waals surface area (Å²) in [7, 11) is 2.19. The van der Waals surface area contributed by atoms with E-state index in [0.717, 1.165) is 0 Å². The van der Waals surface area contributed by atoms with E-state index < -0.39 is 0 Å². The Morgan fingerprint density at radius 2 is 1.63 bits per heavy atom. The molecule has 0 bridgehead atoms. The summed E-state index contributed by atoms with van der Waals surface area (Å²) in [6.07, 6.45) is 0. The minimum Gasteiger partial charge on any atom is -0.326 e. The SMILES string of the molecule is Cc1ccccc1C(C(C)N)N(C)C(C)C(C)(C)C. The van der Waals surface area contributed by atoms with Crippen LogP contribution in [-0.4, -0.2) is 24.0 Å². The smallest absolute Gasteiger partial charge is 0.0499 e. The van der Waals surface area contributed by atoms with E-state index in [1.807, 2.05) is 0 Å². The first kappa shape index (κ1) is 16.2. The van der Waals surface area contributed by atoms with Crippen molar-refractivity contribution in [3.8, 4) is 0 Å². The number of hydrogen-bond acceptors (Lipinski definition) is 2. The zero-order valence-corrected chi connectivity index (χ0v) is 13.6. The number of benzene rings is 1. The number of aryl methyl sites for hydroxylation is 1. The van der Waals surface area contributed by atoms with Crippen molar-refractivity contribution in [3.63, 3.8) is 0 Å². The maximum absolute atomic E-state index is 6.28. The van der Waals surface area contributed by atoms with Crippen molar-refractivity contribution in [2.75, 3.05) is 7.05 Å². The first-order chi connectivity index (χ1) is 8.66. The van der Waals surface area contributed by atoms with Crippen molar-refractivity contribution in [3.05, 3.63) is 35.4 Å². The molecule has 2 N–H and O–H groups in total. The van der Waals surface area contributed by atoms with Gasteiger partial charge in [0.05, 0.1) is 0 Å². The molecule has 3 atom stereocenters. The van der Waals surface area contributed by atoms with Gasteiger partial charge in [-0.2, -0.15) is 0 Å². The van der Waals surface area contributed by atoms with Gasteiger partial charge in [-0.1, -0.05) is 45.0 Å². The van der Waals surface area contributed by atoms with Crippen LogP contribution in [0.2, 0.25) is 0 Å². The lowest BCUT2D eigenvalue weighted by molar-refractivity contribution is 0.0864. The van der Waals surface area contributed by atoms with Gasteiger partial charge in [0, 0.05) is 18.1 Å². The Balaban J connectivity index is 3.13. The second kappa shape index (κ2) is 6.06. The lowest BCUT2D eigenvalue weighted by Gasteiger charge is -2.42. The Labute approximate surface area is 119 Å². The zero-order valence-electron chi connectivity index (χ0n) is 13.6. The van der Waals surface area contributed by atoms with E-state index in [2.05, 4.69) is 77.8 Å². The third kappa shape index (κ3) is 3.80. The Morgan fingerprint density at radius 1 is 1.11 bits per heavy atom. The van der Waals surface area contributed by atoms with Crippen LogP contribution in [0.15, 0.2) is 24.3 Å². The van der Waals surface area contributed by atoms with Crippen molar-refractivity contribution in [2.45, 2.75) is 59.7 Å². The lowest BCUT2D eigenvalue weighted by atomic mass is 9.84. The average Bonchev–Trinajstić information content (AvgIpc) is 2.29. The van der Waals surface area contributed by atoms with Crippen molar-refractivity contribution in [2.24, 2.45) is 11.1 Å². The summed E-state index contributed by atoms with van der Waals surface area (Å²) in [5, 5.41) is 0. The molecule has 0 saturated heterocycles. The van der Waals surface area contributed by atoms with E-state index in [1.165, 1.54) is 11.1 Å². The number of hydrogen-bond donors (Lipinski definition) is 1. The van der Waals surface area contributed by atoms with Crippen LogP contribution in [-0.2, 0) is 0 Å². The van der Waals surface area contributed by atoms with E-state index >= 15 is 0 Å². The summed E-state index contributed by atoms with van der Waals surface area (Å²) in [6.45, 7) is 13.4. The maximum atomic E-state index is 6.28. The minimum absolute atomic E-state index is 0.107. The van der Waals surface area contributed by atoms with Gasteiger partial charge in [-0.05, 0) is 44.4 Å². The molecule has 0 aliphatic carbocycles. The van der Waals surface area contributed by atoms with Crippen LogP contribution in [0.25, 0.3) is 0 Å². The summed E-state index contributed by atoms with van der Waals surface area (Å²) in [4.78, 5) is 2.42. The molecule has 1 aromatic carbocycles. The number of rotatable bonds is 4. The van der Waals surface area contributed by atoms with Gasteiger partial charge in [-0.25, -0.2) is 0 Å². The zero-order chi connectivity index (χ0) is 14.8. The quantitative estimate of drug-likeness (QED) is 0.895. The van der Waals surface area contributed by atoms with Crippen LogP contribution in [0.5, 0.6) is 0 Å². The molecule has 0 aliphatic heterocycles. The molecule has 0 aromatic heterocycles. The molecule has 0 fully saturated rings. The van der Waals surface area contributed by atoms with Crippen molar-refractivity contribution < 1.29 is 0 Å². The molecule has 0 spiro atoms. The molecule has 0 radical (unpaired) electrons. The van der Waals surface area contributed by atoms with Gasteiger partial charge < -0.3 is 5.73 Å². The van der Waals surface area contributed by atoms with Crippen molar-refractivity contribution >= 4 is 0 Å². The molecular weight excluding hydrogens is 232 g/mol. The van der Waals surface area contributed by atoms with Gasteiger partial charge in [0.15, 0.2) is 0 Å². The van der Waals surface area contributed by atoms with E-state index in [1.54, 1.807) is 0 Å².